The fourth-order valence-corrected chi connectivity index (χ4v) is 2.50. The number of aromatic carboxylic acids is 1. The van der Waals surface area contributed by atoms with Crippen molar-refractivity contribution in [2.24, 2.45) is 0 Å². The van der Waals surface area contributed by atoms with E-state index in [1.54, 1.807) is 18.5 Å². The van der Waals surface area contributed by atoms with Crippen molar-refractivity contribution < 1.29 is 14.6 Å². The van der Waals surface area contributed by atoms with Crippen LogP contribution in [0.5, 0.6) is 0 Å². The molecule has 0 fully saturated rings. The Morgan fingerprint density at radius 2 is 2.21 bits per heavy atom. The van der Waals surface area contributed by atoms with Crippen LogP contribution in [0.4, 0.5) is 0 Å². The van der Waals surface area contributed by atoms with Crippen LogP contribution in [0.15, 0.2) is 42.7 Å². The van der Waals surface area contributed by atoms with E-state index in [4.69, 9.17) is 9.84 Å². The average Bonchev–Trinajstić information content (AvgIpc) is 2.88. The molecule has 2 heterocycles. The van der Waals surface area contributed by atoms with Gasteiger partial charge in [0.25, 0.3) is 0 Å². The molecule has 0 amide bonds. The molecule has 4 heteroatoms. The number of rotatable bonds is 3. The standard InChI is InChI=1S/C15H15NO3/c17-15(18)12-5-7-16(9-12)10-14-13-4-2-1-3-11(13)6-8-19-14/h1-5,7,9,14H,6,8,10H2,(H,17,18). The summed E-state index contributed by atoms with van der Waals surface area (Å²) in [4.78, 5) is 10.9. The Balaban J connectivity index is 1.82. The lowest BCUT2D eigenvalue weighted by atomic mass is 9.97. The average molecular weight is 257 g/mol. The van der Waals surface area contributed by atoms with Crippen LogP contribution in [0.2, 0.25) is 0 Å². The third kappa shape index (κ3) is 2.39. The van der Waals surface area contributed by atoms with Crippen LogP contribution in [-0.2, 0) is 17.7 Å². The first-order valence-corrected chi connectivity index (χ1v) is 6.32. The van der Waals surface area contributed by atoms with E-state index in [9.17, 15) is 4.79 Å². The van der Waals surface area contributed by atoms with Gasteiger partial charge in [-0.1, -0.05) is 24.3 Å². The third-order valence-electron chi connectivity index (χ3n) is 3.47. The van der Waals surface area contributed by atoms with Crippen LogP contribution in [0.3, 0.4) is 0 Å². The van der Waals surface area contributed by atoms with Crippen molar-refractivity contribution in [2.45, 2.75) is 19.1 Å². The Morgan fingerprint density at radius 3 is 3.00 bits per heavy atom. The second kappa shape index (κ2) is 4.90. The Bertz CT molecular complexity index is 603. The maximum Gasteiger partial charge on any atom is 0.337 e. The molecule has 98 valence electrons. The number of nitrogens with zero attached hydrogens (tertiary/aromatic N) is 1. The number of hydrogen-bond acceptors (Lipinski definition) is 2. The summed E-state index contributed by atoms with van der Waals surface area (Å²) >= 11 is 0. The maximum atomic E-state index is 10.9. The largest absolute Gasteiger partial charge is 0.478 e. The van der Waals surface area contributed by atoms with Crippen LogP contribution in [0, 0.1) is 0 Å². The van der Waals surface area contributed by atoms with Crippen LogP contribution in [-0.4, -0.2) is 22.2 Å². The fourth-order valence-electron chi connectivity index (χ4n) is 2.50. The van der Waals surface area contributed by atoms with Crippen molar-refractivity contribution in [1.29, 1.82) is 0 Å². The first kappa shape index (κ1) is 12.0. The molecule has 0 saturated heterocycles. The van der Waals surface area contributed by atoms with Gasteiger partial charge >= 0.3 is 5.97 Å². The molecule has 0 bridgehead atoms. The molecule has 1 atom stereocenters. The molecule has 0 saturated carbocycles. The predicted molar refractivity (Wildman–Crippen MR) is 70.2 cm³/mol. The lowest BCUT2D eigenvalue weighted by Gasteiger charge is -2.26. The number of benzene rings is 1. The van der Waals surface area contributed by atoms with Crippen molar-refractivity contribution in [1.82, 2.24) is 4.57 Å². The molecule has 2 aromatic rings. The summed E-state index contributed by atoms with van der Waals surface area (Å²) in [5, 5.41) is 8.92. The highest BCUT2D eigenvalue weighted by atomic mass is 16.5. The van der Waals surface area contributed by atoms with Gasteiger partial charge in [0.1, 0.15) is 6.10 Å². The monoisotopic (exact) mass is 257 g/mol. The van der Waals surface area contributed by atoms with Gasteiger partial charge in [0.05, 0.1) is 18.7 Å². The summed E-state index contributed by atoms with van der Waals surface area (Å²) in [7, 11) is 0. The predicted octanol–water partition coefficient (Wildman–Crippen LogP) is 2.50. The van der Waals surface area contributed by atoms with Crippen molar-refractivity contribution in [3.63, 3.8) is 0 Å². The number of carboxylic acids is 1. The topological polar surface area (TPSA) is 51.5 Å². The van der Waals surface area contributed by atoms with Crippen LogP contribution < -0.4 is 0 Å². The molecule has 0 aliphatic carbocycles. The molecule has 0 spiro atoms. The molecule has 1 N–H and O–H groups in total. The van der Waals surface area contributed by atoms with E-state index < -0.39 is 5.97 Å². The van der Waals surface area contributed by atoms with E-state index in [0.717, 1.165) is 13.0 Å². The number of ether oxygens (including phenoxy) is 1. The summed E-state index contributed by atoms with van der Waals surface area (Å²) in [5.74, 6) is -0.899. The molecule has 1 unspecified atom stereocenters. The zero-order valence-corrected chi connectivity index (χ0v) is 10.5. The van der Waals surface area contributed by atoms with E-state index in [1.807, 2.05) is 16.7 Å². The minimum atomic E-state index is -0.899. The van der Waals surface area contributed by atoms with E-state index in [0.29, 0.717) is 12.1 Å². The van der Waals surface area contributed by atoms with Crippen LogP contribution in [0.1, 0.15) is 27.6 Å². The molecule has 1 aromatic heterocycles. The SMILES string of the molecule is O=C(O)c1ccn(CC2OCCc3ccccc32)c1. The number of carbonyl (C=O) groups is 1. The molecular formula is C15H15NO3. The molecule has 4 nitrogen and oxygen atoms in total. The highest BCUT2D eigenvalue weighted by Gasteiger charge is 2.20. The van der Waals surface area contributed by atoms with Gasteiger partial charge in [-0.25, -0.2) is 4.79 Å². The number of aromatic nitrogens is 1. The van der Waals surface area contributed by atoms with E-state index in [1.165, 1.54) is 11.1 Å². The molecule has 1 aromatic carbocycles. The summed E-state index contributed by atoms with van der Waals surface area (Å²) in [5.41, 5.74) is 2.84. The van der Waals surface area contributed by atoms with E-state index in [2.05, 4.69) is 12.1 Å². The van der Waals surface area contributed by atoms with Crippen LogP contribution >= 0.6 is 0 Å². The van der Waals surface area contributed by atoms with Gasteiger partial charge in [0.2, 0.25) is 0 Å². The highest BCUT2D eigenvalue weighted by Crippen LogP contribution is 2.28. The second-order valence-electron chi connectivity index (χ2n) is 4.71. The van der Waals surface area contributed by atoms with Gasteiger partial charge in [-0.15, -0.1) is 0 Å². The molecule has 19 heavy (non-hydrogen) atoms. The third-order valence-corrected chi connectivity index (χ3v) is 3.47. The molecule has 0 radical (unpaired) electrons. The zero-order valence-electron chi connectivity index (χ0n) is 10.5. The molecule has 3 rings (SSSR count). The number of hydrogen-bond donors (Lipinski definition) is 1. The minimum Gasteiger partial charge on any atom is -0.478 e. The quantitative estimate of drug-likeness (QED) is 0.919. The van der Waals surface area contributed by atoms with Crippen molar-refractivity contribution in [3.05, 3.63) is 59.4 Å². The first-order chi connectivity index (χ1) is 9.24. The van der Waals surface area contributed by atoms with E-state index >= 15 is 0 Å². The summed E-state index contributed by atoms with van der Waals surface area (Å²) < 4.78 is 7.68. The zero-order chi connectivity index (χ0) is 13.2. The lowest BCUT2D eigenvalue weighted by molar-refractivity contribution is 0.0306. The highest BCUT2D eigenvalue weighted by molar-refractivity contribution is 5.87. The minimum absolute atomic E-state index is 0.000931. The summed E-state index contributed by atoms with van der Waals surface area (Å²) in [6.07, 6.45) is 4.37. The molecule has 1 aliphatic heterocycles. The Morgan fingerprint density at radius 1 is 1.37 bits per heavy atom. The molecule has 1 aliphatic rings. The Kier molecular flexibility index (Phi) is 3.09. The summed E-state index contributed by atoms with van der Waals surface area (Å²) in [6.45, 7) is 1.36. The molecular weight excluding hydrogens is 242 g/mol. The van der Waals surface area contributed by atoms with Gasteiger partial charge in [0.15, 0.2) is 0 Å². The lowest BCUT2D eigenvalue weighted by Crippen LogP contribution is -2.20. The Labute approximate surface area is 111 Å². The van der Waals surface area contributed by atoms with Gasteiger partial charge in [-0.3, -0.25) is 0 Å². The fraction of sp³-hybridized carbons (Fsp3) is 0.267. The van der Waals surface area contributed by atoms with Crippen molar-refractivity contribution in [2.75, 3.05) is 6.61 Å². The van der Waals surface area contributed by atoms with Gasteiger partial charge in [0, 0.05) is 12.4 Å². The first-order valence-electron chi connectivity index (χ1n) is 6.32. The van der Waals surface area contributed by atoms with E-state index in [-0.39, 0.29) is 6.10 Å². The summed E-state index contributed by atoms with van der Waals surface area (Å²) in [6, 6.07) is 9.87. The van der Waals surface area contributed by atoms with Crippen LogP contribution in [0.25, 0.3) is 0 Å². The van der Waals surface area contributed by atoms with Gasteiger partial charge in [-0.2, -0.15) is 0 Å². The smallest absolute Gasteiger partial charge is 0.337 e. The number of carboxylic acid groups (broad SMARTS) is 1. The normalized spacial score (nSPS) is 18.0. The van der Waals surface area contributed by atoms with Gasteiger partial charge < -0.3 is 14.4 Å². The van der Waals surface area contributed by atoms with Crippen molar-refractivity contribution >= 4 is 5.97 Å². The maximum absolute atomic E-state index is 10.9. The number of fused-ring (bicyclic) bond motifs is 1. The Hall–Kier alpha value is -2.07. The van der Waals surface area contributed by atoms with Gasteiger partial charge in [-0.05, 0) is 23.6 Å². The van der Waals surface area contributed by atoms with Crippen molar-refractivity contribution in [3.8, 4) is 0 Å². The second-order valence-corrected chi connectivity index (χ2v) is 4.71.